The summed E-state index contributed by atoms with van der Waals surface area (Å²) in [6, 6.07) is 33.6. The molecular formula is C26H20N2. The summed E-state index contributed by atoms with van der Waals surface area (Å²) in [5, 5.41) is 0. The van der Waals surface area contributed by atoms with Crippen LogP contribution < -0.4 is 10.6 Å². The summed E-state index contributed by atoms with van der Waals surface area (Å²) in [5.74, 6) is 0. The highest BCUT2D eigenvalue weighted by molar-refractivity contribution is 5.95. The highest BCUT2D eigenvalue weighted by Gasteiger charge is 2.20. The van der Waals surface area contributed by atoms with Crippen LogP contribution in [-0.2, 0) is 0 Å². The van der Waals surface area contributed by atoms with E-state index in [0.29, 0.717) is 0 Å². The monoisotopic (exact) mass is 360 g/mol. The van der Waals surface area contributed by atoms with Crippen LogP contribution in [0.1, 0.15) is 11.1 Å². The molecule has 2 heteroatoms. The standard InChI is InChI=1S/C26H20N2/c27-24-12-6-5-11-23(24)21-17-16-20-15-14-19-8-4-7-13-25(19)28(26(20)18-21)22-9-2-1-3-10-22/h1-18H,27H2. The number of hydrogen-bond donors (Lipinski definition) is 1. The molecular weight excluding hydrogens is 340 g/mol. The van der Waals surface area contributed by atoms with Gasteiger partial charge in [-0.1, -0.05) is 78.9 Å². The summed E-state index contributed by atoms with van der Waals surface area (Å²) in [4.78, 5) is 2.33. The predicted molar refractivity (Wildman–Crippen MR) is 120 cm³/mol. The molecule has 0 fully saturated rings. The molecule has 4 aromatic carbocycles. The van der Waals surface area contributed by atoms with Crippen LogP contribution in [0.4, 0.5) is 22.7 Å². The highest BCUT2D eigenvalue weighted by Crippen LogP contribution is 2.43. The molecule has 28 heavy (non-hydrogen) atoms. The number of nitrogens with zero attached hydrogens (tertiary/aromatic N) is 1. The molecule has 0 radical (unpaired) electrons. The van der Waals surface area contributed by atoms with Crippen LogP contribution >= 0.6 is 0 Å². The third kappa shape index (κ3) is 2.76. The summed E-state index contributed by atoms with van der Waals surface area (Å²) in [6.45, 7) is 0. The van der Waals surface area contributed by atoms with Crippen molar-refractivity contribution in [2.45, 2.75) is 0 Å². The van der Waals surface area contributed by atoms with Crippen LogP contribution in [0.25, 0.3) is 23.3 Å². The van der Waals surface area contributed by atoms with Crippen molar-refractivity contribution in [1.29, 1.82) is 0 Å². The minimum Gasteiger partial charge on any atom is -0.398 e. The van der Waals surface area contributed by atoms with Gasteiger partial charge in [-0.2, -0.15) is 0 Å². The minimum absolute atomic E-state index is 0.790. The van der Waals surface area contributed by atoms with Gasteiger partial charge < -0.3 is 10.6 Å². The molecule has 0 aliphatic carbocycles. The van der Waals surface area contributed by atoms with Crippen LogP contribution in [0, 0.1) is 0 Å². The Morgan fingerprint density at radius 3 is 2.07 bits per heavy atom. The van der Waals surface area contributed by atoms with Crippen LogP contribution in [-0.4, -0.2) is 0 Å². The normalized spacial score (nSPS) is 12.2. The van der Waals surface area contributed by atoms with E-state index in [-0.39, 0.29) is 0 Å². The van der Waals surface area contributed by atoms with Gasteiger partial charge in [0.15, 0.2) is 0 Å². The summed E-state index contributed by atoms with van der Waals surface area (Å²) in [7, 11) is 0. The molecule has 0 atom stereocenters. The van der Waals surface area contributed by atoms with Crippen LogP contribution in [0.3, 0.4) is 0 Å². The van der Waals surface area contributed by atoms with Crippen molar-refractivity contribution in [3.05, 3.63) is 108 Å². The quantitative estimate of drug-likeness (QED) is 0.347. The molecule has 0 saturated heterocycles. The van der Waals surface area contributed by atoms with Crippen molar-refractivity contribution in [3.8, 4) is 11.1 Å². The molecule has 134 valence electrons. The molecule has 0 amide bonds. The van der Waals surface area contributed by atoms with Gasteiger partial charge in [0.2, 0.25) is 0 Å². The zero-order chi connectivity index (χ0) is 18.9. The molecule has 0 spiro atoms. The Morgan fingerprint density at radius 1 is 0.571 bits per heavy atom. The van der Waals surface area contributed by atoms with Gasteiger partial charge in [-0.15, -0.1) is 0 Å². The first-order chi connectivity index (χ1) is 13.8. The van der Waals surface area contributed by atoms with E-state index in [9.17, 15) is 0 Å². The Labute approximate surface area is 165 Å². The first kappa shape index (κ1) is 16.4. The van der Waals surface area contributed by atoms with E-state index in [1.807, 2.05) is 24.3 Å². The first-order valence-corrected chi connectivity index (χ1v) is 9.42. The third-order valence-electron chi connectivity index (χ3n) is 5.18. The lowest BCUT2D eigenvalue weighted by molar-refractivity contribution is 1.28. The lowest BCUT2D eigenvalue weighted by Gasteiger charge is -2.27. The van der Waals surface area contributed by atoms with Crippen molar-refractivity contribution in [2.24, 2.45) is 0 Å². The van der Waals surface area contributed by atoms with Crippen molar-refractivity contribution in [2.75, 3.05) is 10.6 Å². The second-order valence-corrected chi connectivity index (χ2v) is 6.92. The smallest absolute Gasteiger partial charge is 0.0540 e. The molecule has 0 unspecified atom stereocenters. The second kappa shape index (κ2) is 6.75. The summed E-state index contributed by atoms with van der Waals surface area (Å²) in [6.07, 6.45) is 4.38. The first-order valence-electron chi connectivity index (χ1n) is 9.42. The van der Waals surface area contributed by atoms with E-state index in [4.69, 9.17) is 5.73 Å². The van der Waals surface area contributed by atoms with E-state index in [2.05, 4.69) is 89.8 Å². The summed E-state index contributed by atoms with van der Waals surface area (Å²) < 4.78 is 0. The number of anilines is 4. The number of fused-ring (bicyclic) bond motifs is 2. The number of nitrogen functional groups attached to an aromatic ring is 1. The van der Waals surface area contributed by atoms with Crippen LogP contribution in [0.15, 0.2) is 97.1 Å². The number of rotatable bonds is 2. The van der Waals surface area contributed by atoms with Gasteiger partial charge in [-0.25, -0.2) is 0 Å². The van der Waals surface area contributed by atoms with Gasteiger partial charge in [0.25, 0.3) is 0 Å². The summed E-state index contributed by atoms with van der Waals surface area (Å²) in [5.41, 5.74) is 15.0. The fourth-order valence-electron chi connectivity index (χ4n) is 3.80. The minimum atomic E-state index is 0.790. The number of nitrogens with two attached hydrogens (primary N) is 1. The Bertz CT molecular complexity index is 1180. The maximum atomic E-state index is 6.25. The van der Waals surface area contributed by atoms with E-state index in [1.54, 1.807) is 0 Å². The van der Waals surface area contributed by atoms with Gasteiger partial charge in [0.1, 0.15) is 0 Å². The molecule has 0 aromatic heterocycles. The van der Waals surface area contributed by atoms with Crippen molar-refractivity contribution in [3.63, 3.8) is 0 Å². The van der Waals surface area contributed by atoms with Gasteiger partial charge in [0.05, 0.1) is 11.4 Å². The molecule has 1 aliphatic rings. The number of para-hydroxylation sites is 3. The van der Waals surface area contributed by atoms with E-state index in [0.717, 1.165) is 28.2 Å². The maximum absolute atomic E-state index is 6.25. The van der Waals surface area contributed by atoms with Crippen LogP contribution in [0.5, 0.6) is 0 Å². The van der Waals surface area contributed by atoms with Crippen molar-refractivity contribution in [1.82, 2.24) is 0 Å². The zero-order valence-corrected chi connectivity index (χ0v) is 15.4. The Balaban J connectivity index is 1.77. The van der Waals surface area contributed by atoms with E-state index >= 15 is 0 Å². The summed E-state index contributed by atoms with van der Waals surface area (Å²) >= 11 is 0. The van der Waals surface area contributed by atoms with Gasteiger partial charge in [-0.05, 0) is 47.0 Å². The molecule has 0 saturated carbocycles. The highest BCUT2D eigenvalue weighted by atomic mass is 15.1. The molecule has 0 bridgehead atoms. The average Bonchev–Trinajstić information content (AvgIpc) is 2.91. The Hall–Kier alpha value is -3.78. The molecule has 1 heterocycles. The average molecular weight is 360 g/mol. The van der Waals surface area contributed by atoms with E-state index < -0.39 is 0 Å². The molecule has 4 aromatic rings. The number of benzene rings is 4. The Kier molecular flexibility index (Phi) is 3.95. The predicted octanol–water partition coefficient (Wildman–Crippen LogP) is 6.89. The largest absolute Gasteiger partial charge is 0.398 e. The number of hydrogen-bond acceptors (Lipinski definition) is 2. The van der Waals surface area contributed by atoms with Crippen molar-refractivity contribution < 1.29 is 0 Å². The topological polar surface area (TPSA) is 29.3 Å². The van der Waals surface area contributed by atoms with Crippen molar-refractivity contribution >= 4 is 34.9 Å². The van der Waals surface area contributed by atoms with Gasteiger partial charge >= 0.3 is 0 Å². The maximum Gasteiger partial charge on any atom is 0.0540 e. The molecule has 5 rings (SSSR count). The molecule has 1 aliphatic heterocycles. The third-order valence-corrected chi connectivity index (χ3v) is 5.18. The lowest BCUT2D eigenvalue weighted by atomic mass is 10.00. The molecule has 2 N–H and O–H groups in total. The fraction of sp³-hybridized carbons (Fsp3) is 0. The zero-order valence-electron chi connectivity index (χ0n) is 15.4. The second-order valence-electron chi connectivity index (χ2n) is 6.92. The SMILES string of the molecule is Nc1ccccc1-c1ccc2c(c1)N(c1ccccc1)c1ccccc1C=C2. The van der Waals surface area contributed by atoms with Gasteiger partial charge in [-0.3, -0.25) is 0 Å². The molecule has 2 nitrogen and oxygen atoms in total. The van der Waals surface area contributed by atoms with E-state index in [1.165, 1.54) is 16.8 Å². The Morgan fingerprint density at radius 2 is 1.25 bits per heavy atom. The van der Waals surface area contributed by atoms with Crippen LogP contribution in [0.2, 0.25) is 0 Å². The lowest BCUT2D eigenvalue weighted by Crippen LogP contribution is -2.11. The fourth-order valence-corrected chi connectivity index (χ4v) is 3.80. The van der Waals surface area contributed by atoms with Gasteiger partial charge in [0, 0.05) is 16.9 Å².